The molecule has 1 saturated heterocycles. The van der Waals surface area contributed by atoms with Gasteiger partial charge in [0.05, 0.1) is 0 Å². The second-order valence-corrected chi connectivity index (χ2v) is 6.02. The van der Waals surface area contributed by atoms with Gasteiger partial charge in [-0.2, -0.15) is 5.10 Å². The van der Waals surface area contributed by atoms with E-state index in [1.165, 1.54) is 0 Å². The van der Waals surface area contributed by atoms with E-state index in [0.29, 0.717) is 25.2 Å². The summed E-state index contributed by atoms with van der Waals surface area (Å²) in [4.78, 5) is 26.8. The van der Waals surface area contributed by atoms with Gasteiger partial charge in [0.25, 0.3) is 5.91 Å². The van der Waals surface area contributed by atoms with Gasteiger partial charge in [0.1, 0.15) is 11.7 Å². The fraction of sp³-hybridized carbons (Fsp3) is 0.389. The van der Waals surface area contributed by atoms with E-state index < -0.39 is 6.04 Å². The van der Waals surface area contributed by atoms with Crippen LogP contribution in [0.25, 0.3) is 0 Å². The molecule has 0 aliphatic carbocycles. The molecule has 0 saturated carbocycles. The molecule has 1 aromatic carbocycles. The summed E-state index contributed by atoms with van der Waals surface area (Å²) < 4.78 is 0. The molecule has 6 nitrogen and oxygen atoms in total. The Balaban J connectivity index is 1.79. The number of H-pyrrole nitrogens is 1. The molecule has 2 heterocycles. The Labute approximate surface area is 141 Å². The zero-order valence-corrected chi connectivity index (χ0v) is 13.8. The molecule has 2 N–H and O–H groups in total. The van der Waals surface area contributed by atoms with Crippen molar-refractivity contribution >= 4 is 11.8 Å². The van der Waals surface area contributed by atoms with Gasteiger partial charge in [0, 0.05) is 25.2 Å². The van der Waals surface area contributed by atoms with E-state index in [4.69, 9.17) is 0 Å². The molecule has 1 fully saturated rings. The number of aromatic nitrogens is 2. The Morgan fingerprint density at radius 2 is 2.12 bits per heavy atom. The van der Waals surface area contributed by atoms with Crippen LogP contribution in [0.1, 0.15) is 35.1 Å². The van der Waals surface area contributed by atoms with E-state index >= 15 is 0 Å². The summed E-state index contributed by atoms with van der Waals surface area (Å²) in [7, 11) is 0. The number of benzene rings is 1. The summed E-state index contributed by atoms with van der Waals surface area (Å²) in [6.07, 6.45) is 2.34. The van der Waals surface area contributed by atoms with E-state index in [1.807, 2.05) is 30.3 Å². The third-order valence-electron chi connectivity index (χ3n) is 4.23. The van der Waals surface area contributed by atoms with Crippen LogP contribution in [0.5, 0.6) is 0 Å². The summed E-state index contributed by atoms with van der Waals surface area (Å²) in [5.41, 5.74) is 2.36. The van der Waals surface area contributed by atoms with Gasteiger partial charge in [0.15, 0.2) is 0 Å². The molecule has 0 unspecified atom stereocenters. The Bertz CT molecular complexity index is 711. The van der Waals surface area contributed by atoms with Crippen LogP contribution in [0.3, 0.4) is 0 Å². The zero-order chi connectivity index (χ0) is 16.9. The first kappa shape index (κ1) is 16.2. The van der Waals surface area contributed by atoms with Gasteiger partial charge in [-0.25, -0.2) is 0 Å². The first-order chi connectivity index (χ1) is 11.7. The lowest BCUT2D eigenvalue weighted by molar-refractivity contribution is -0.127. The van der Waals surface area contributed by atoms with Crippen LogP contribution >= 0.6 is 0 Å². The van der Waals surface area contributed by atoms with E-state index in [1.54, 1.807) is 11.0 Å². The molecule has 2 aromatic rings. The number of carbonyl (C=O) groups is 2. The molecular formula is C18H22N4O2. The molecule has 24 heavy (non-hydrogen) atoms. The van der Waals surface area contributed by atoms with Gasteiger partial charge in [0.2, 0.25) is 5.91 Å². The predicted molar refractivity (Wildman–Crippen MR) is 90.6 cm³/mol. The van der Waals surface area contributed by atoms with Crippen molar-refractivity contribution in [3.8, 4) is 0 Å². The van der Waals surface area contributed by atoms with Crippen molar-refractivity contribution in [2.24, 2.45) is 0 Å². The van der Waals surface area contributed by atoms with Crippen molar-refractivity contribution in [1.82, 2.24) is 20.4 Å². The predicted octanol–water partition coefficient (Wildman–Crippen LogP) is 1.55. The molecule has 1 aliphatic heterocycles. The normalized spacial score (nSPS) is 17.6. The Kier molecular flexibility index (Phi) is 4.93. The van der Waals surface area contributed by atoms with Gasteiger partial charge >= 0.3 is 0 Å². The molecule has 3 rings (SSSR count). The maximum Gasteiger partial charge on any atom is 0.275 e. The quantitative estimate of drug-likeness (QED) is 0.875. The number of carbonyl (C=O) groups excluding carboxylic acids is 2. The van der Waals surface area contributed by atoms with Crippen molar-refractivity contribution in [2.75, 3.05) is 13.1 Å². The number of piperazine rings is 1. The topological polar surface area (TPSA) is 78.1 Å². The summed E-state index contributed by atoms with van der Waals surface area (Å²) >= 11 is 0. The molecule has 1 atom stereocenters. The Morgan fingerprint density at radius 3 is 2.88 bits per heavy atom. The number of nitrogens with one attached hydrogen (secondary N) is 2. The van der Waals surface area contributed by atoms with E-state index in [0.717, 1.165) is 24.1 Å². The molecule has 0 radical (unpaired) electrons. The van der Waals surface area contributed by atoms with Gasteiger partial charge in [-0.3, -0.25) is 14.7 Å². The standard InChI is InChI=1S/C18H22N4O2/c1-2-6-14-12-15(21-20-14)18(24)22-10-9-19-17(23)16(22)11-13-7-4-3-5-8-13/h3-5,7-8,12,16H,2,6,9-11H2,1H3,(H,19,23)(H,20,21)/t16-/m0/s1. The van der Waals surface area contributed by atoms with Crippen LogP contribution in [0.15, 0.2) is 36.4 Å². The third-order valence-corrected chi connectivity index (χ3v) is 4.23. The van der Waals surface area contributed by atoms with Crippen molar-refractivity contribution < 1.29 is 9.59 Å². The Hall–Kier alpha value is -2.63. The molecule has 1 aliphatic rings. The second kappa shape index (κ2) is 7.29. The van der Waals surface area contributed by atoms with E-state index in [2.05, 4.69) is 22.4 Å². The molecule has 0 bridgehead atoms. The lowest BCUT2D eigenvalue weighted by atomic mass is 10.0. The summed E-state index contributed by atoms with van der Waals surface area (Å²) in [6.45, 7) is 3.05. The molecule has 6 heteroatoms. The second-order valence-electron chi connectivity index (χ2n) is 6.02. The fourth-order valence-electron chi connectivity index (χ4n) is 3.01. The van der Waals surface area contributed by atoms with Crippen molar-refractivity contribution in [1.29, 1.82) is 0 Å². The Morgan fingerprint density at radius 1 is 1.33 bits per heavy atom. The molecule has 0 spiro atoms. The number of aryl methyl sites for hydroxylation is 1. The van der Waals surface area contributed by atoms with Gasteiger partial charge in [-0.05, 0) is 18.1 Å². The van der Waals surface area contributed by atoms with Gasteiger partial charge < -0.3 is 10.2 Å². The van der Waals surface area contributed by atoms with Crippen LogP contribution in [-0.4, -0.2) is 46.0 Å². The first-order valence-corrected chi connectivity index (χ1v) is 8.36. The van der Waals surface area contributed by atoms with Crippen LogP contribution in [0.2, 0.25) is 0 Å². The fourth-order valence-corrected chi connectivity index (χ4v) is 3.01. The van der Waals surface area contributed by atoms with Gasteiger partial charge in [-0.15, -0.1) is 0 Å². The van der Waals surface area contributed by atoms with Crippen LogP contribution in [0, 0.1) is 0 Å². The molecule has 126 valence electrons. The number of rotatable bonds is 5. The minimum Gasteiger partial charge on any atom is -0.353 e. The maximum absolute atomic E-state index is 12.8. The third kappa shape index (κ3) is 3.48. The van der Waals surface area contributed by atoms with E-state index in [9.17, 15) is 9.59 Å². The number of hydrogen-bond donors (Lipinski definition) is 2. The van der Waals surface area contributed by atoms with Gasteiger partial charge in [-0.1, -0.05) is 43.7 Å². The van der Waals surface area contributed by atoms with Crippen molar-refractivity contribution in [3.05, 3.63) is 53.3 Å². The number of amides is 2. The average Bonchev–Trinajstić information content (AvgIpc) is 3.06. The smallest absolute Gasteiger partial charge is 0.275 e. The number of nitrogens with zero attached hydrogens (tertiary/aromatic N) is 2. The average molecular weight is 326 g/mol. The van der Waals surface area contributed by atoms with E-state index in [-0.39, 0.29) is 11.8 Å². The highest BCUT2D eigenvalue weighted by Crippen LogP contribution is 2.15. The van der Waals surface area contributed by atoms with Crippen LogP contribution in [0.4, 0.5) is 0 Å². The highest BCUT2D eigenvalue weighted by Gasteiger charge is 2.34. The van der Waals surface area contributed by atoms with Crippen molar-refractivity contribution in [2.45, 2.75) is 32.2 Å². The minimum atomic E-state index is -0.500. The largest absolute Gasteiger partial charge is 0.353 e. The zero-order valence-electron chi connectivity index (χ0n) is 13.8. The lowest BCUT2D eigenvalue weighted by Crippen LogP contribution is -2.58. The molecule has 1 aromatic heterocycles. The SMILES string of the molecule is CCCc1cc(C(=O)N2CCNC(=O)[C@@H]2Cc2ccccc2)n[nH]1. The highest BCUT2D eigenvalue weighted by molar-refractivity contribution is 5.97. The molecular weight excluding hydrogens is 304 g/mol. The number of aromatic amines is 1. The first-order valence-electron chi connectivity index (χ1n) is 8.36. The van der Waals surface area contributed by atoms with Crippen LogP contribution in [-0.2, 0) is 17.6 Å². The molecule has 2 amide bonds. The minimum absolute atomic E-state index is 0.109. The lowest BCUT2D eigenvalue weighted by Gasteiger charge is -2.34. The summed E-state index contributed by atoms with van der Waals surface area (Å²) in [5, 5.41) is 9.89. The number of hydrogen-bond acceptors (Lipinski definition) is 3. The monoisotopic (exact) mass is 326 g/mol. The maximum atomic E-state index is 12.8. The van der Waals surface area contributed by atoms with Crippen LogP contribution < -0.4 is 5.32 Å². The summed E-state index contributed by atoms with van der Waals surface area (Å²) in [6, 6.07) is 11.0. The van der Waals surface area contributed by atoms with Crippen molar-refractivity contribution in [3.63, 3.8) is 0 Å². The summed E-state index contributed by atoms with van der Waals surface area (Å²) in [5.74, 6) is -0.299. The highest BCUT2D eigenvalue weighted by atomic mass is 16.2.